The van der Waals surface area contributed by atoms with Gasteiger partial charge in [-0.15, -0.1) is 0 Å². The Kier molecular flexibility index (Phi) is 6.18. The van der Waals surface area contributed by atoms with Crippen LogP contribution < -0.4 is 4.90 Å². The maximum atomic E-state index is 6.71. The summed E-state index contributed by atoms with van der Waals surface area (Å²) in [6, 6.07) is 62.0. The summed E-state index contributed by atoms with van der Waals surface area (Å²) in [6.45, 7) is 0. The molecule has 0 unspecified atom stereocenters. The van der Waals surface area contributed by atoms with E-state index in [1.54, 1.807) is 0 Å². The Morgan fingerprint density at radius 3 is 1.59 bits per heavy atom. The molecule has 0 saturated heterocycles. The molecule has 0 fully saturated rings. The second-order valence-electron chi connectivity index (χ2n) is 12.5. The van der Waals surface area contributed by atoms with Gasteiger partial charge in [0.15, 0.2) is 0 Å². The Labute approximate surface area is 282 Å². The van der Waals surface area contributed by atoms with E-state index in [0.717, 1.165) is 94.0 Å². The van der Waals surface area contributed by atoms with E-state index in [1.165, 1.54) is 0 Å². The second-order valence-corrected chi connectivity index (χ2v) is 12.5. The van der Waals surface area contributed by atoms with E-state index in [2.05, 4.69) is 169 Å². The van der Waals surface area contributed by atoms with Crippen LogP contribution in [0.1, 0.15) is 0 Å². The third kappa shape index (κ3) is 4.44. The molecule has 0 saturated carbocycles. The topological polar surface area (TPSA) is 29.5 Å². The monoisotopic (exact) mass is 627 g/mol. The van der Waals surface area contributed by atoms with Crippen LogP contribution in [0.15, 0.2) is 185 Å². The molecule has 2 heterocycles. The first-order chi connectivity index (χ1) is 24.3. The molecular weight excluding hydrogens is 599 g/mol. The number of hydrogen-bond donors (Lipinski definition) is 0. The fourth-order valence-electron chi connectivity index (χ4n) is 7.41. The molecule has 0 aliphatic rings. The standard InChI is InChI=1S/C46H29NO2/c1-3-13-30(14-4-1)33-27-34(31-15-5-2-6-16-31)29-35(28-33)47(39-20-11-23-42-44(39)37-19-9-10-22-41(37)48-42)40-21-12-24-43-45(40)38-26-25-32-17-7-8-18-36(32)46(38)49-43/h1-29H. The number of hydrogen-bond acceptors (Lipinski definition) is 3. The summed E-state index contributed by atoms with van der Waals surface area (Å²) in [6.07, 6.45) is 0. The summed E-state index contributed by atoms with van der Waals surface area (Å²) in [7, 11) is 0. The van der Waals surface area contributed by atoms with Crippen molar-refractivity contribution in [1.82, 2.24) is 0 Å². The molecule has 10 rings (SSSR count). The molecule has 10 aromatic rings. The minimum absolute atomic E-state index is 0.848. The zero-order valence-corrected chi connectivity index (χ0v) is 26.5. The summed E-state index contributed by atoms with van der Waals surface area (Å²) in [4.78, 5) is 2.40. The van der Waals surface area contributed by atoms with Gasteiger partial charge in [0, 0.05) is 21.8 Å². The van der Waals surface area contributed by atoms with Gasteiger partial charge in [-0.3, -0.25) is 0 Å². The number of fused-ring (bicyclic) bond motifs is 8. The Morgan fingerprint density at radius 2 is 0.898 bits per heavy atom. The Balaban J connectivity index is 1.34. The van der Waals surface area contributed by atoms with E-state index in [4.69, 9.17) is 8.83 Å². The van der Waals surface area contributed by atoms with Crippen molar-refractivity contribution < 1.29 is 8.83 Å². The molecule has 0 aliphatic carbocycles. The van der Waals surface area contributed by atoms with Crippen LogP contribution in [0.3, 0.4) is 0 Å². The molecule has 0 spiro atoms. The lowest BCUT2D eigenvalue weighted by Gasteiger charge is -2.28. The van der Waals surface area contributed by atoms with Gasteiger partial charge in [-0.2, -0.15) is 0 Å². The number of para-hydroxylation sites is 1. The van der Waals surface area contributed by atoms with Crippen LogP contribution in [0, 0.1) is 0 Å². The minimum Gasteiger partial charge on any atom is -0.456 e. The molecule has 0 aliphatic heterocycles. The Bertz CT molecular complexity index is 2770. The highest BCUT2D eigenvalue weighted by Crippen LogP contribution is 2.48. The van der Waals surface area contributed by atoms with Gasteiger partial charge in [0.05, 0.1) is 22.1 Å². The van der Waals surface area contributed by atoms with Crippen LogP contribution in [-0.2, 0) is 0 Å². The van der Waals surface area contributed by atoms with Crippen LogP contribution in [0.25, 0.3) is 76.9 Å². The van der Waals surface area contributed by atoms with E-state index >= 15 is 0 Å². The quantitative estimate of drug-likeness (QED) is 0.190. The van der Waals surface area contributed by atoms with Gasteiger partial charge in [-0.25, -0.2) is 0 Å². The van der Waals surface area contributed by atoms with Gasteiger partial charge in [0.2, 0.25) is 0 Å². The lowest BCUT2D eigenvalue weighted by atomic mass is 9.96. The van der Waals surface area contributed by atoms with Gasteiger partial charge < -0.3 is 13.7 Å². The zero-order chi connectivity index (χ0) is 32.3. The molecule has 0 atom stereocenters. The SMILES string of the molecule is c1ccc(-c2cc(-c3ccccc3)cc(N(c3cccc4oc5ccccc5c34)c3cccc4oc5c6ccccc6ccc5c34)c2)cc1. The van der Waals surface area contributed by atoms with E-state index in [-0.39, 0.29) is 0 Å². The van der Waals surface area contributed by atoms with Crippen molar-refractivity contribution in [3.63, 3.8) is 0 Å². The smallest absolute Gasteiger partial charge is 0.143 e. The fraction of sp³-hybridized carbons (Fsp3) is 0. The van der Waals surface area contributed by atoms with Crippen LogP contribution in [-0.4, -0.2) is 0 Å². The first-order valence-electron chi connectivity index (χ1n) is 16.6. The molecule has 0 bridgehead atoms. The minimum atomic E-state index is 0.848. The van der Waals surface area contributed by atoms with Crippen molar-refractivity contribution in [2.24, 2.45) is 0 Å². The molecule has 3 nitrogen and oxygen atoms in total. The van der Waals surface area contributed by atoms with Gasteiger partial charge in [0.1, 0.15) is 22.3 Å². The lowest BCUT2D eigenvalue weighted by molar-refractivity contribution is 0.669. The first kappa shape index (κ1) is 27.5. The van der Waals surface area contributed by atoms with Crippen molar-refractivity contribution in [3.8, 4) is 22.3 Å². The van der Waals surface area contributed by atoms with E-state index < -0.39 is 0 Å². The van der Waals surface area contributed by atoms with E-state index in [9.17, 15) is 0 Å². The third-order valence-corrected chi connectivity index (χ3v) is 9.62. The Hall–Kier alpha value is -6.58. The van der Waals surface area contributed by atoms with Gasteiger partial charge >= 0.3 is 0 Å². The molecule has 49 heavy (non-hydrogen) atoms. The second kappa shape index (κ2) is 11.0. The lowest BCUT2D eigenvalue weighted by Crippen LogP contribution is -2.11. The normalized spacial score (nSPS) is 11.7. The summed E-state index contributed by atoms with van der Waals surface area (Å²) in [5.74, 6) is 0. The van der Waals surface area contributed by atoms with Crippen molar-refractivity contribution >= 4 is 71.7 Å². The highest BCUT2D eigenvalue weighted by Gasteiger charge is 2.24. The summed E-state index contributed by atoms with van der Waals surface area (Å²) in [5.41, 5.74) is 11.2. The average Bonchev–Trinajstić information content (AvgIpc) is 3.75. The molecule has 8 aromatic carbocycles. The third-order valence-electron chi connectivity index (χ3n) is 9.62. The molecule has 230 valence electrons. The van der Waals surface area contributed by atoms with Crippen molar-refractivity contribution in [2.75, 3.05) is 4.90 Å². The van der Waals surface area contributed by atoms with E-state index in [1.807, 2.05) is 12.1 Å². The summed E-state index contributed by atoms with van der Waals surface area (Å²) in [5, 5.41) is 6.57. The number of nitrogens with zero attached hydrogens (tertiary/aromatic N) is 1. The molecule has 2 aromatic heterocycles. The number of anilines is 3. The fourth-order valence-corrected chi connectivity index (χ4v) is 7.41. The van der Waals surface area contributed by atoms with Crippen molar-refractivity contribution in [3.05, 3.63) is 176 Å². The maximum Gasteiger partial charge on any atom is 0.143 e. The number of furan rings is 2. The number of rotatable bonds is 5. The predicted molar refractivity (Wildman–Crippen MR) is 204 cm³/mol. The Morgan fingerprint density at radius 1 is 0.347 bits per heavy atom. The maximum absolute atomic E-state index is 6.71. The van der Waals surface area contributed by atoms with E-state index in [0.29, 0.717) is 0 Å². The average molecular weight is 628 g/mol. The predicted octanol–water partition coefficient (Wildman–Crippen LogP) is 13.4. The first-order valence-corrected chi connectivity index (χ1v) is 16.6. The van der Waals surface area contributed by atoms with Crippen LogP contribution in [0.5, 0.6) is 0 Å². The van der Waals surface area contributed by atoms with Crippen LogP contribution >= 0.6 is 0 Å². The molecule has 0 radical (unpaired) electrons. The molecule has 0 N–H and O–H groups in total. The van der Waals surface area contributed by atoms with Crippen molar-refractivity contribution in [1.29, 1.82) is 0 Å². The zero-order valence-electron chi connectivity index (χ0n) is 26.5. The van der Waals surface area contributed by atoms with Crippen molar-refractivity contribution in [2.45, 2.75) is 0 Å². The highest BCUT2D eigenvalue weighted by molar-refractivity contribution is 6.21. The van der Waals surface area contributed by atoms with Gasteiger partial charge in [0.25, 0.3) is 0 Å². The summed E-state index contributed by atoms with van der Waals surface area (Å²) >= 11 is 0. The largest absolute Gasteiger partial charge is 0.456 e. The van der Waals surface area contributed by atoms with Crippen LogP contribution in [0.2, 0.25) is 0 Å². The molecular formula is C46H29NO2. The van der Waals surface area contributed by atoms with Crippen LogP contribution in [0.4, 0.5) is 17.1 Å². The van der Waals surface area contributed by atoms with Gasteiger partial charge in [-0.1, -0.05) is 121 Å². The number of benzene rings is 8. The van der Waals surface area contributed by atoms with Gasteiger partial charge in [-0.05, 0) is 82.2 Å². The highest BCUT2D eigenvalue weighted by atomic mass is 16.3. The molecule has 0 amide bonds. The molecule has 3 heteroatoms. The summed E-state index contributed by atoms with van der Waals surface area (Å²) < 4.78 is 13.2.